The molecule has 0 spiro atoms. The Bertz CT molecular complexity index is 740. The van der Waals surface area contributed by atoms with E-state index in [1.54, 1.807) is 20.3 Å². The molecule has 1 N–H and O–H groups in total. The van der Waals surface area contributed by atoms with Gasteiger partial charge in [0.2, 0.25) is 5.76 Å². The molecular formula is C14H14N2O5S. The molecule has 22 heavy (non-hydrogen) atoms. The molecule has 1 aliphatic rings. The second-order valence-corrected chi connectivity index (χ2v) is 5.38. The molecular weight excluding hydrogens is 308 g/mol. The quantitative estimate of drug-likeness (QED) is 0.929. The first-order chi connectivity index (χ1) is 10.7. The number of nitrogens with zero attached hydrogens (tertiary/aromatic N) is 1. The predicted molar refractivity (Wildman–Crippen MR) is 81.3 cm³/mol. The maximum atomic E-state index is 12.0. The van der Waals surface area contributed by atoms with Gasteiger partial charge in [0, 0.05) is 6.07 Å². The number of benzene rings is 1. The molecule has 0 atom stereocenters. The predicted octanol–water partition coefficient (Wildman–Crippen LogP) is 2.14. The molecule has 7 nitrogen and oxygen atoms in total. The molecule has 0 aliphatic carbocycles. The number of rotatable bonds is 4. The van der Waals surface area contributed by atoms with Gasteiger partial charge in [0.15, 0.2) is 5.13 Å². The van der Waals surface area contributed by atoms with Crippen molar-refractivity contribution < 1.29 is 23.7 Å². The van der Waals surface area contributed by atoms with Gasteiger partial charge in [0.25, 0.3) is 5.91 Å². The third kappa shape index (κ3) is 2.77. The van der Waals surface area contributed by atoms with Crippen LogP contribution in [0.1, 0.15) is 0 Å². The standard InChI is InChI=1S/C14H14N2O5S/c1-18-8-5-9(19-2)12-11(6-8)22-14(15-12)16-13(17)10-7-20-3-4-21-10/h5-7H,3-4H2,1-2H3,(H,15,16,17). The number of hydrogen-bond donors (Lipinski definition) is 1. The normalized spacial score (nSPS) is 13.8. The minimum atomic E-state index is -0.398. The first kappa shape index (κ1) is 14.5. The van der Waals surface area contributed by atoms with Gasteiger partial charge >= 0.3 is 0 Å². The van der Waals surface area contributed by atoms with Gasteiger partial charge in [-0.25, -0.2) is 4.98 Å². The van der Waals surface area contributed by atoms with Crippen molar-refractivity contribution in [2.45, 2.75) is 0 Å². The SMILES string of the molecule is COc1cc(OC)c2nc(NC(=O)C3=COCCO3)sc2c1. The number of anilines is 1. The Labute approximate surface area is 130 Å². The molecule has 0 bridgehead atoms. The van der Waals surface area contributed by atoms with E-state index >= 15 is 0 Å². The van der Waals surface area contributed by atoms with Gasteiger partial charge in [0.05, 0.1) is 18.9 Å². The number of thiazole rings is 1. The molecule has 2 heterocycles. The Morgan fingerprint density at radius 1 is 1.32 bits per heavy atom. The van der Waals surface area contributed by atoms with Gasteiger partial charge in [0.1, 0.15) is 36.5 Å². The Hall–Kier alpha value is -2.48. The molecule has 0 saturated carbocycles. The maximum Gasteiger partial charge on any atom is 0.295 e. The van der Waals surface area contributed by atoms with Gasteiger partial charge in [-0.05, 0) is 6.07 Å². The van der Waals surface area contributed by atoms with E-state index in [1.807, 2.05) is 6.07 Å². The summed E-state index contributed by atoms with van der Waals surface area (Å²) >= 11 is 1.32. The summed E-state index contributed by atoms with van der Waals surface area (Å²) in [6.45, 7) is 0.791. The van der Waals surface area contributed by atoms with E-state index in [0.29, 0.717) is 35.4 Å². The average molecular weight is 322 g/mol. The highest BCUT2D eigenvalue weighted by molar-refractivity contribution is 7.22. The molecule has 116 valence electrons. The van der Waals surface area contributed by atoms with E-state index in [0.717, 1.165) is 4.70 Å². The van der Waals surface area contributed by atoms with Crippen LogP contribution in [-0.2, 0) is 14.3 Å². The summed E-state index contributed by atoms with van der Waals surface area (Å²) in [5.41, 5.74) is 0.665. The van der Waals surface area contributed by atoms with Gasteiger partial charge in [-0.15, -0.1) is 0 Å². The van der Waals surface area contributed by atoms with Crippen molar-refractivity contribution in [1.82, 2.24) is 4.98 Å². The van der Waals surface area contributed by atoms with E-state index in [-0.39, 0.29) is 5.76 Å². The largest absolute Gasteiger partial charge is 0.497 e. The lowest BCUT2D eigenvalue weighted by Gasteiger charge is -2.14. The number of amides is 1. The van der Waals surface area contributed by atoms with E-state index < -0.39 is 5.91 Å². The Balaban J connectivity index is 1.88. The zero-order valence-corrected chi connectivity index (χ0v) is 12.9. The second-order valence-electron chi connectivity index (χ2n) is 4.35. The highest BCUT2D eigenvalue weighted by Gasteiger charge is 2.18. The monoisotopic (exact) mass is 322 g/mol. The summed E-state index contributed by atoms with van der Waals surface area (Å²) in [5.74, 6) is 0.986. The van der Waals surface area contributed by atoms with Crippen LogP contribution >= 0.6 is 11.3 Å². The fourth-order valence-corrected chi connectivity index (χ4v) is 2.85. The van der Waals surface area contributed by atoms with Crippen molar-refractivity contribution in [3.8, 4) is 11.5 Å². The number of fused-ring (bicyclic) bond motifs is 1. The molecule has 2 aromatic rings. The number of nitrogens with one attached hydrogen (secondary N) is 1. The Morgan fingerprint density at radius 2 is 2.18 bits per heavy atom. The van der Waals surface area contributed by atoms with Crippen LogP contribution in [0.15, 0.2) is 24.2 Å². The third-order valence-electron chi connectivity index (χ3n) is 2.98. The molecule has 1 aromatic heterocycles. The molecule has 8 heteroatoms. The average Bonchev–Trinajstić information content (AvgIpc) is 2.96. The van der Waals surface area contributed by atoms with Gasteiger partial charge in [-0.3, -0.25) is 10.1 Å². The van der Waals surface area contributed by atoms with E-state index in [4.69, 9.17) is 18.9 Å². The van der Waals surface area contributed by atoms with Crippen molar-refractivity contribution in [3.05, 3.63) is 24.2 Å². The number of carbonyl (C=O) groups excluding carboxylic acids is 1. The van der Waals surface area contributed by atoms with Crippen LogP contribution in [0.4, 0.5) is 5.13 Å². The number of methoxy groups -OCH3 is 2. The van der Waals surface area contributed by atoms with Crippen molar-refractivity contribution in [1.29, 1.82) is 0 Å². The number of carbonyl (C=O) groups is 1. The van der Waals surface area contributed by atoms with Gasteiger partial charge in [-0.2, -0.15) is 0 Å². The lowest BCUT2D eigenvalue weighted by molar-refractivity contribution is -0.117. The van der Waals surface area contributed by atoms with Crippen molar-refractivity contribution in [3.63, 3.8) is 0 Å². The molecule has 0 unspecified atom stereocenters. The molecule has 1 aliphatic heterocycles. The number of ether oxygens (including phenoxy) is 4. The van der Waals surface area contributed by atoms with Crippen molar-refractivity contribution in [2.75, 3.05) is 32.8 Å². The van der Waals surface area contributed by atoms with E-state index in [2.05, 4.69) is 10.3 Å². The Kier molecular flexibility index (Phi) is 4.01. The van der Waals surface area contributed by atoms with Gasteiger partial charge < -0.3 is 18.9 Å². The Morgan fingerprint density at radius 3 is 2.86 bits per heavy atom. The topological polar surface area (TPSA) is 78.9 Å². The van der Waals surface area contributed by atoms with Crippen LogP contribution in [0.25, 0.3) is 10.2 Å². The first-order valence-electron chi connectivity index (χ1n) is 6.49. The summed E-state index contributed by atoms with van der Waals surface area (Å²) in [6, 6.07) is 3.58. The summed E-state index contributed by atoms with van der Waals surface area (Å²) < 4.78 is 21.7. The summed E-state index contributed by atoms with van der Waals surface area (Å²) in [6.07, 6.45) is 1.30. The highest BCUT2D eigenvalue weighted by Crippen LogP contribution is 2.36. The maximum absolute atomic E-state index is 12.0. The fraction of sp³-hybridized carbons (Fsp3) is 0.286. The molecule has 1 aromatic carbocycles. The lowest BCUT2D eigenvalue weighted by Crippen LogP contribution is -2.20. The lowest BCUT2D eigenvalue weighted by atomic mass is 10.3. The summed E-state index contributed by atoms with van der Waals surface area (Å²) in [5, 5.41) is 3.13. The minimum absolute atomic E-state index is 0.134. The highest BCUT2D eigenvalue weighted by atomic mass is 32.1. The van der Waals surface area contributed by atoms with Crippen LogP contribution in [0.5, 0.6) is 11.5 Å². The second kappa shape index (κ2) is 6.10. The third-order valence-corrected chi connectivity index (χ3v) is 3.90. The summed E-state index contributed by atoms with van der Waals surface area (Å²) in [7, 11) is 3.14. The van der Waals surface area contributed by atoms with E-state index in [1.165, 1.54) is 17.6 Å². The van der Waals surface area contributed by atoms with E-state index in [9.17, 15) is 4.79 Å². The zero-order valence-electron chi connectivity index (χ0n) is 12.0. The van der Waals surface area contributed by atoms with Crippen LogP contribution in [0.3, 0.4) is 0 Å². The van der Waals surface area contributed by atoms with Crippen LogP contribution < -0.4 is 14.8 Å². The molecule has 0 saturated heterocycles. The number of aromatic nitrogens is 1. The van der Waals surface area contributed by atoms with Crippen LogP contribution in [0.2, 0.25) is 0 Å². The van der Waals surface area contributed by atoms with Crippen molar-refractivity contribution >= 4 is 32.6 Å². The molecule has 3 rings (SSSR count). The van der Waals surface area contributed by atoms with Crippen LogP contribution in [-0.4, -0.2) is 38.3 Å². The first-order valence-corrected chi connectivity index (χ1v) is 7.31. The minimum Gasteiger partial charge on any atom is -0.497 e. The van der Waals surface area contributed by atoms with Crippen molar-refractivity contribution in [2.24, 2.45) is 0 Å². The molecule has 0 fully saturated rings. The van der Waals surface area contributed by atoms with Gasteiger partial charge in [-0.1, -0.05) is 11.3 Å². The smallest absolute Gasteiger partial charge is 0.295 e. The number of hydrogen-bond acceptors (Lipinski definition) is 7. The summed E-state index contributed by atoms with van der Waals surface area (Å²) in [4.78, 5) is 16.4. The zero-order chi connectivity index (χ0) is 15.5. The van der Waals surface area contributed by atoms with Crippen LogP contribution in [0, 0.1) is 0 Å². The molecule has 1 amide bonds. The fourth-order valence-electron chi connectivity index (χ4n) is 1.95. The molecule has 0 radical (unpaired) electrons.